The van der Waals surface area contributed by atoms with E-state index in [1.54, 1.807) is 24.3 Å². The van der Waals surface area contributed by atoms with Crippen LogP contribution in [0.15, 0.2) is 42.5 Å². The first kappa shape index (κ1) is 12.1. The van der Waals surface area contributed by atoms with Crippen molar-refractivity contribution < 1.29 is 19.0 Å². The molecule has 0 bridgehead atoms. The van der Waals surface area contributed by atoms with Gasteiger partial charge in [0.15, 0.2) is 0 Å². The van der Waals surface area contributed by atoms with Gasteiger partial charge in [0.2, 0.25) is 0 Å². The Morgan fingerprint density at radius 1 is 1.17 bits per heavy atom. The van der Waals surface area contributed by atoms with Crippen LogP contribution in [0.4, 0.5) is 4.39 Å². The first-order chi connectivity index (χ1) is 8.61. The smallest absolute Gasteiger partial charge is 0.336 e. The van der Waals surface area contributed by atoms with Gasteiger partial charge in [-0.25, -0.2) is 9.18 Å². The highest BCUT2D eigenvalue weighted by Gasteiger charge is 2.13. The van der Waals surface area contributed by atoms with Gasteiger partial charge >= 0.3 is 5.97 Å². The molecule has 1 N–H and O–H groups in total. The zero-order chi connectivity index (χ0) is 13.1. The maximum absolute atomic E-state index is 12.8. The maximum atomic E-state index is 12.8. The van der Waals surface area contributed by atoms with E-state index >= 15 is 0 Å². The summed E-state index contributed by atoms with van der Waals surface area (Å²) >= 11 is 0. The summed E-state index contributed by atoms with van der Waals surface area (Å²) in [6, 6.07) is 10.4. The molecule has 0 saturated heterocycles. The zero-order valence-corrected chi connectivity index (χ0v) is 9.68. The molecule has 92 valence electrons. The van der Waals surface area contributed by atoms with Crippen molar-refractivity contribution in [2.24, 2.45) is 0 Å². The van der Waals surface area contributed by atoms with Gasteiger partial charge in [0.25, 0.3) is 0 Å². The second-order valence-electron chi connectivity index (χ2n) is 3.72. The number of carboxylic acids is 1. The Balaban J connectivity index is 2.56. The lowest BCUT2D eigenvalue weighted by atomic mass is 9.99. The normalized spacial score (nSPS) is 10.1. The van der Waals surface area contributed by atoms with Crippen molar-refractivity contribution in [2.75, 3.05) is 7.11 Å². The molecular weight excluding hydrogens is 235 g/mol. The minimum atomic E-state index is -1.05. The molecule has 0 saturated carbocycles. The second-order valence-corrected chi connectivity index (χ2v) is 3.72. The van der Waals surface area contributed by atoms with E-state index in [4.69, 9.17) is 4.74 Å². The number of hydrogen-bond acceptors (Lipinski definition) is 2. The van der Waals surface area contributed by atoms with Crippen LogP contribution in [0.5, 0.6) is 5.75 Å². The Hall–Kier alpha value is -2.36. The molecule has 18 heavy (non-hydrogen) atoms. The van der Waals surface area contributed by atoms with Gasteiger partial charge in [0.1, 0.15) is 11.6 Å². The minimum absolute atomic E-state index is 0.126. The van der Waals surface area contributed by atoms with E-state index in [-0.39, 0.29) is 11.4 Å². The SMILES string of the molecule is COc1ccc(-c2ccc(F)cc2)c(C(=O)O)c1. The predicted molar refractivity (Wildman–Crippen MR) is 65.3 cm³/mol. The number of rotatable bonds is 3. The van der Waals surface area contributed by atoms with Gasteiger partial charge in [0, 0.05) is 0 Å². The Morgan fingerprint density at radius 2 is 1.83 bits per heavy atom. The molecule has 0 radical (unpaired) electrons. The molecule has 2 rings (SSSR count). The van der Waals surface area contributed by atoms with E-state index in [1.807, 2.05) is 0 Å². The number of halogens is 1. The van der Waals surface area contributed by atoms with Crippen LogP contribution in [0.2, 0.25) is 0 Å². The van der Waals surface area contributed by atoms with Crippen LogP contribution in [0.3, 0.4) is 0 Å². The van der Waals surface area contributed by atoms with Crippen LogP contribution in [-0.2, 0) is 0 Å². The number of carbonyl (C=O) groups is 1. The first-order valence-corrected chi connectivity index (χ1v) is 5.29. The molecule has 0 unspecified atom stereocenters. The standard InChI is InChI=1S/C14H11FO3/c1-18-11-6-7-12(13(8-11)14(16)17)9-2-4-10(15)5-3-9/h2-8H,1H3,(H,16,17). The summed E-state index contributed by atoms with van der Waals surface area (Å²) in [5, 5.41) is 9.17. The highest BCUT2D eigenvalue weighted by atomic mass is 19.1. The number of carboxylic acid groups (broad SMARTS) is 1. The fraction of sp³-hybridized carbons (Fsp3) is 0.0714. The van der Waals surface area contributed by atoms with Gasteiger partial charge in [-0.1, -0.05) is 12.1 Å². The van der Waals surface area contributed by atoms with E-state index in [0.717, 1.165) is 0 Å². The third kappa shape index (κ3) is 2.32. The van der Waals surface area contributed by atoms with Crippen molar-refractivity contribution in [3.8, 4) is 16.9 Å². The fourth-order valence-electron chi connectivity index (χ4n) is 1.71. The number of benzene rings is 2. The van der Waals surface area contributed by atoms with E-state index in [2.05, 4.69) is 0 Å². The monoisotopic (exact) mass is 246 g/mol. The third-order valence-electron chi connectivity index (χ3n) is 2.61. The second kappa shape index (κ2) is 4.87. The molecule has 4 heteroatoms. The van der Waals surface area contributed by atoms with Crippen molar-refractivity contribution in [1.29, 1.82) is 0 Å². The summed E-state index contributed by atoms with van der Waals surface area (Å²) in [4.78, 5) is 11.2. The lowest BCUT2D eigenvalue weighted by Crippen LogP contribution is -2.00. The summed E-state index contributed by atoms with van der Waals surface area (Å²) in [6.07, 6.45) is 0. The van der Waals surface area contributed by atoms with Crippen molar-refractivity contribution >= 4 is 5.97 Å². The van der Waals surface area contributed by atoms with Gasteiger partial charge in [-0.2, -0.15) is 0 Å². The molecule has 3 nitrogen and oxygen atoms in total. The fourth-order valence-corrected chi connectivity index (χ4v) is 1.71. The Kier molecular flexibility index (Phi) is 3.28. The molecule has 2 aromatic rings. The lowest BCUT2D eigenvalue weighted by Gasteiger charge is -2.08. The maximum Gasteiger partial charge on any atom is 0.336 e. The van der Waals surface area contributed by atoms with Crippen LogP contribution in [0.25, 0.3) is 11.1 Å². The van der Waals surface area contributed by atoms with Crippen LogP contribution in [0, 0.1) is 5.82 Å². The Bertz CT molecular complexity index is 576. The van der Waals surface area contributed by atoms with E-state index < -0.39 is 5.97 Å². The first-order valence-electron chi connectivity index (χ1n) is 5.29. The topological polar surface area (TPSA) is 46.5 Å². The molecule has 0 aliphatic rings. The molecular formula is C14H11FO3. The van der Waals surface area contributed by atoms with Crippen LogP contribution in [-0.4, -0.2) is 18.2 Å². The molecule has 2 aromatic carbocycles. The van der Waals surface area contributed by atoms with Crippen LogP contribution < -0.4 is 4.74 Å². The van der Waals surface area contributed by atoms with Crippen molar-refractivity contribution in [3.05, 3.63) is 53.8 Å². The Labute approximate surface area is 103 Å². The number of hydrogen-bond donors (Lipinski definition) is 1. The summed E-state index contributed by atoms with van der Waals surface area (Å²) in [5.41, 5.74) is 1.31. The van der Waals surface area contributed by atoms with Gasteiger partial charge in [-0.15, -0.1) is 0 Å². The van der Waals surface area contributed by atoms with E-state index in [1.165, 1.54) is 25.3 Å². The van der Waals surface area contributed by atoms with Crippen LogP contribution in [0.1, 0.15) is 10.4 Å². The van der Waals surface area contributed by atoms with Crippen molar-refractivity contribution in [1.82, 2.24) is 0 Å². The number of ether oxygens (including phenoxy) is 1. The van der Waals surface area contributed by atoms with Crippen molar-refractivity contribution in [2.45, 2.75) is 0 Å². The average Bonchev–Trinajstić information content (AvgIpc) is 2.39. The number of methoxy groups -OCH3 is 1. The molecule has 0 aliphatic carbocycles. The van der Waals surface area contributed by atoms with E-state index in [0.29, 0.717) is 16.9 Å². The zero-order valence-electron chi connectivity index (χ0n) is 9.68. The summed E-state index contributed by atoms with van der Waals surface area (Å²) in [7, 11) is 1.47. The average molecular weight is 246 g/mol. The quantitative estimate of drug-likeness (QED) is 0.904. The summed E-state index contributed by atoms with van der Waals surface area (Å²) in [6.45, 7) is 0. The highest BCUT2D eigenvalue weighted by molar-refractivity contribution is 5.96. The summed E-state index contributed by atoms with van der Waals surface area (Å²) < 4.78 is 17.8. The van der Waals surface area contributed by atoms with Crippen molar-refractivity contribution in [3.63, 3.8) is 0 Å². The molecule has 0 atom stereocenters. The van der Waals surface area contributed by atoms with Crippen LogP contribution >= 0.6 is 0 Å². The third-order valence-corrected chi connectivity index (χ3v) is 2.61. The largest absolute Gasteiger partial charge is 0.497 e. The molecule has 0 aliphatic heterocycles. The highest BCUT2D eigenvalue weighted by Crippen LogP contribution is 2.27. The van der Waals surface area contributed by atoms with E-state index in [9.17, 15) is 14.3 Å². The molecule has 0 aromatic heterocycles. The molecule has 0 fully saturated rings. The van der Waals surface area contributed by atoms with Gasteiger partial charge in [-0.05, 0) is 41.5 Å². The Morgan fingerprint density at radius 3 is 2.39 bits per heavy atom. The minimum Gasteiger partial charge on any atom is -0.497 e. The van der Waals surface area contributed by atoms with Gasteiger partial charge in [-0.3, -0.25) is 0 Å². The lowest BCUT2D eigenvalue weighted by molar-refractivity contribution is 0.0697. The molecule has 0 amide bonds. The summed E-state index contributed by atoms with van der Waals surface area (Å²) in [5.74, 6) is -0.935. The number of aromatic carboxylic acids is 1. The predicted octanol–water partition coefficient (Wildman–Crippen LogP) is 3.20. The molecule has 0 heterocycles. The molecule has 0 spiro atoms. The van der Waals surface area contributed by atoms with Gasteiger partial charge in [0.05, 0.1) is 12.7 Å². The van der Waals surface area contributed by atoms with Gasteiger partial charge < -0.3 is 9.84 Å².